The molecule has 0 fully saturated rings. The zero-order valence-electron chi connectivity index (χ0n) is 16.6. The first kappa shape index (κ1) is 19.9. The number of H-pyrrole nitrogens is 1. The summed E-state index contributed by atoms with van der Waals surface area (Å²) in [5.41, 5.74) is 3.04. The monoisotopic (exact) mass is 428 g/mol. The van der Waals surface area contributed by atoms with E-state index in [2.05, 4.69) is 36.6 Å². The van der Waals surface area contributed by atoms with Gasteiger partial charge in [0.1, 0.15) is 23.2 Å². The van der Waals surface area contributed by atoms with Crippen molar-refractivity contribution in [1.82, 2.24) is 24.2 Å². The largest absolute Gasteiger partial charge is 0.480 e. The Morgan fingerprint density at radius 2 is 2.13 bits per heavy atom. The highest BCUT2D eigenvalue weighted by atomic mass is 32.2. The molecule has 0 bridgehead atoms. The molecule has 0 atom stereocenters. The van der Waals surface area contributed by atoms with Gasteiger partial charge in [0, 0.05) is 32.8 Å². The van der Waals surface area contributed by atoms with Gasteiger partial charge in [-0.25, -0.2) is 13.4 Å². The first-order chi connectivity index (χ1) is 14.3. The second-order valence-corrected chi connectivity index (χ2v) is 8.79. The second-order valence-electron chi connectivity index (χ2n) is 6.81. The molecule has 0 unspecified atom stereocenters. The van der Waals surface area contributed by atoms with Gasteiger partial charge in [-0.15, -0.1) is 0 Å². The van der Waals surface area contributed by atoms with Crippen LogP contribution in [0.3, 0.4) is 0 Å². The maximum Gasteiger partial charge on any atom is 0.237 e. The van der Waals surface area contributed by atoms with E-state index in [-0.39, 0.29) is 12.5 Å². The van der Waals surface area contributed by atoms with Gasteiger partial charge in [-0.1, -0.05) is 0 Å². The zero-order chi connectivity index (χ0) is 21.5. The van der Waals surface area contributed by atoms with E-state index in [0.29, 0.717) is 46.9 Å². The summed E-state index contributed by atoms with van der Waals surface area (Å²) in [6, 6.07) is 3.91. The molecular formula is C18H20N8O3S. The fourth-order valence-corrected chi connectivity index (χ4v) is 4.23. The molecule has 0 saturated carbocycles. The highest BCUT2D eigenvalue weighted by molar-refractivity contribution is 7.88. The third-order valence-corrected chi connectivity index (χ3v) is 6.15. The van der Waals surface area contributed by atoms with Crippen molar-refractivity contribution in [3.05, 3.63) is 29.1 Å². The number of fused-ring (bicyclic) bond motifs is 2. The van der Waals surface area contributed by atoms with Crippen molar-refractivity contribution in [3.8, 4) is 11.9 Å². The number of anilines is 3. The summed E-state index contributed by atoms with van der Waals surface area (Å²) in [5, 5.41) is 15.9. The number of hydrogen-bond acceptors (Lipinski definition) is 9. The number of nitriles is 1. The molecule has 0 aromatic carbocycles. The number of nitrogens with zero attached hydrogens (tertiary/aromatic N) is 5. The van der Waals surface area contributed by atoms with E-state index in [9.17, 15) is 13.7 Å². The summed E-state index contributed by atoms with van der Waals surface area (Å²) in [7, 11) is -0.0776. The van der Waals surface area contributed by atoms with Crippen molar-refractivity contribution in [3.63, 3.8) is 0 Å². The number of nitrogens with one attached hydrogen (secondary N) is 3. The fraction of sp³-hybridized carbons (Fsp3) is 0.333. The zero-order valence-corrected chi connectivity index (χ0v) is 17.5. The van der Waals surface area contributed by atoms with Gasteiger partial charge in [0.15, 0.2) is 0 Å². The van der Waals surface area contributed by atoms with Crippen molar-refractivity contribution < 1.29 is 13.2 Å². The maximum atomic E-state index is 11.9. The number of aromatic amines is 1. The quantitative estimate of drug-likeness (QED) is 0.547. The van der Waals surface area contributed by atoms with Crippen LogP contribution in [0.15, 0.2) is 12.3 Å². The number of sulfonamides is 1. The van der Waals surface area contributed by atoms with Gasteiger partial charge in [-0.3, -0.25) is 0 Å². The number of pyridine rings is 1. The molecule has 3 aromatic heterocycles. The standard InChI is InChI=1S/C18H20N8O3S/c1-20-15-14-11(7-19)8-21-16(14)25-18(24-15)23-13-6-10-9-26(30(3,27)28)5-4-12(10)22-17(13)29-2/h6,8H,4-5,9H2,1-3H3,(H3,20,21,23,24,25). The lowest BCUT2D eigenvalue weighted by Crippen LogP contribution is -2.35. The van der Waals surface area contributed by atoms with Crippen LogP contribution in [-0.4, -0.2) is 59.6 Å². The van der Waals surface area contributed by atoms with E-state index < -0.39 is 10.0 Å². The third-order valence-electron chi connectivity index (χ3n) is 4.90. The highest BCUT2D eigenvalue weighted by Crippen LogP contribution is 2.32. The van der Waals surface area contributed by atoms with Crippen LogP contribution in [0.2, 0.25) is 0 Å². The molecule has 3 aromatic rings. The van der Waals surface area contributed by atoms with Crippen molar-refractivity contribution >= 4 is 38.5 Å². The Bertz CT molecular complexity index is 1280. The Labute approximate surface area is 173 Å². The van der Waals surface area contributed by atoms with E-state index in [1.54, 1.807) is 19.3 Å². The van der Waals surface area contributed by atoms with Crippen LogP contribution in [-0.2, 0) is 23.0 Å². The third kappa shape index (κ3) is 3.49. The smallest absolute Gasteiger partial charge is 0.237 e. The molecule has 0 amide bonds. The molecule has 156 valence electrons. The number of methoxy groups -OCH3 is 1. The summed E-state index contributed by atoms with van der Waals surface area (Å²) in [4.78, 5) is 16.4. The lowest BCUT2D eigenvalue weighted by molar-refractivity contribution is 0.377. The Hall–Kier alpha value is -3.43. The first-order valence-electron chi connectivity index (χ1n) is 9.10. The minimum atomic E-state index is -3.30. The summed E-state index contributed by atoms with van der Waals surface area (Å²) >= 11 is 0. The molecule has 4 rings (SSSR count). The van der Waals surface area contributed by atoms with Crippen molar-refractivity contribution in [2.75, 3.05) is 37.6 Å². The van der Waals surface area contributed by atoms with Crippen molar-refractivity contribution in [1.29, 1.82) is 5.26 Å². The Morgan fingerprint density at radius 1 is 1.33 bits per heavy atom. The first-order valence-corrected chi connectivity index (χ1v) is 10.9. The summed E-state index contributed by atoms with van der Waals surface area (Å²) in [6.45, 7) is 0.623. The molecule has 0 saturated heterocycles. The van der Waals surface area contributed by atoms with E-state index in [0.717, 1.165) is 11.3 Å². The number of ether oxygens (including phenoxy) is 1. The van der Waals surface area contributed by atoms with Gasteiger partial charge in [0.05, 0.1) is 30.0 Å². The minimum absolute atomic E-state index is 0.240. The van der Waals surface area contributed by atoms with E-state index in [1.807, 2.05) is 0 Å². The Morgan fingerprint density at radius 3 is 2.80 bits per heavy atom. The predicted octanol–water partition coefficient (Wildman–Crippen LogP) is 1.34. The fourth-order valence-electron chi connectivity index (χ4n) is 3.43. The Kier molecular flexibility index (Phi) is 4.92. The molecule has 1 aliphatic rings. The average Bonchev–Trinajstić information content (AvgIpc) is 3.14. The molecule has 3 N–H and O–H groups in total. The van der Waals surface area contributed by atoms with Gasteiger partial charge < -0.3 is 20.4 Å². The van der Waals surface area contributed by atoms with Crippen LogP contribution in [0.5, 0.6) is 5.88 Å². The molecule has 0 spiro atoms. The van der Waals surface area contributed by atoms with Crippen LogP contribution in [0.1, 0.15) is 16.8 Å². The van der Waals surface area contributed by atoms with Crippen molar-refractivity contribution in [2.45, 2.75) is 13.0 Å². The molecule has 0 radical (unpaired) electrons. The van der Waals surface area contributed by atoms with Crippen LogP contribution in [0, 0.1) is 11.3 Å². The normalized spacial score (nSPS) is 14.2. The SMILES string of the molecule is CNc1nc(Nc2cc3c(nc2OC)CCN(S(C)(=O)=O)C3)nc2[nH]cc(C#N)c12. The summed E-state index contributed by atoms with van der Waals surface area (Å²) in [5.74, 6) is 1.13. The number of hydrogen-bond donors (Lipinski definition) is 3. The van der Waals surface area contributed by atoms with Crippen LogP contribution in [0.4, 0.5) is 17.5 Å². The van der Waals surface area contributed by atoms with E-state index in [4.69, 9.17) is 4.74 Å². The van der Waals surface area contributed by atoms with Gasteiger partial charge >= 0.3 is 0 Å². The molecular weight excluding hydrogens is 408 g/mol. The maximum absolute atomic E-state index is 11.9. The van der Waals surface area contributed by atoms with Gasteiger partial charge in [0.2, 0.25) is 21.9 Å². The summed E-state index contributed by atoms with van der Waals surface area (Å²) < 4.78 is 30.7. The number of aromatic nitrogens is 4. The second kappa shape index (κ2) is 7.43. The van der Waals surface area contributed by atoms with Crippen molar-refractivity contribution in [2.24, 2.45) is 0 Å². The van der Waals surface area contributed by atoms with E-state index in [1.165, 1.54) is 17.7 Å². The molecule has 11 nitrogen and oxygen atoms in total. The van der Waals surface area contributed by atoms with Gasteiger partial charge in [-0.2, -0.15) is 19.5 Å². The molecule has 4 heterocycles. The van der Waals surface area contributed by atoms with Gasteiger partial charge in [0.25, 0.3) is 0 Å². The lowest BCUT2D eigenvalue weighted by atomic mass is 10.1. The van der Waals surface area contributed by atoms with Crippen LogP contribution in [0.25, 0.3) is 11.0 Å². The van der Waals surface area contributed by atoms with Crippen LogP contribution < -0.4 is 15.4 Å². The Balaban J connectivity index is 1.74. The average molecular weight is 428 g/mol. The lowest BCUT2D eigenvalue weighted by Gasteiger charge is -2.27. The molecule has 0 aliphatic carbocycles. The van der Waals surface area contributed by atoms with Crippen LogP contribution >= 0.6 is 0 Å². The predicted molar refractivity (Wildman–Crippen MR) is 111 cm³/mol. The molecule has 12 heteroatoms. The highest BCUT2D eigenvalue weighted by Gasteiger charge is 2.26. The minimum Gasteiger partial charge on any atom is -0.480 e. The van der Waals surface area contributed by atoms with Gasteiger partial charge in [-0.05, 0) is 11.6 Å². The topological polar surface area (TPSA) is 149 Å². The molecule has 30 heavy (non-hydrogen) atoms. The number of rotatable bonds is 5. The molecule has 1 aliphatic heterocycles. The van der Waals surface area contributed by atoms with E-state index >= 15 is 0 Å². The summed E-state index contributed by atoms with van der Waals surface area (Å²) in [6.07, 6.45) is 3.28.